The highest BCUT2D eigenvalue weighted by atomic mass is 32.1. The topological polar surface area (TPSA) is 23.5 Å². The Balaban J connectivity index is 3.33. The van der Waals surface area contributed by atoms with E-state index in [0.29, 0.717) is 4.99 Å². The SMILES string of the molecule is CCCC(=S)N(C)O. The maximum absolute atomic E-state index is 8.64. The van der Waals surface area contributed by atoms with Crippen LogP contribution >= 0.6 is 12.2 Å². The van der Waals surface area contributed by atoms with Crippen LogP contribution in [0, 0.1) is 0 Å². The molecule has 0 aromatic carbocycles. The predicted octanol–water partition coefficient (Wildman–Crippen LogP) is 1.43. The van der Waals surface area contributed by atoms with Crippen molar-refractivity contribution in [3.8, 4) is 0 Å². The van der Waals surface area contributed by atoms with Crippen LogP contribution in [0.4, 0.5) is 0 Å². The van der Waals surface area contributed by atoms with Gasteiger partial charge in [-0.1, -0.05) is 19.1 Å². The zero-order valence-corrected chi connectivity index (χ0v) is 6.03. The van der Waals surface area contributed by atoms with E-state index in [-0.39, 0.29) is 0 Å². The monoisotopic (exact) mass is 133 g/mol. The van der Waals surface area contributed by atoms with E-state index in [9.17, 15) is 0 Å². The van der Waals surface area contributed by atoms with Crippen LogP contribution in [0.15, 0.2) is 0 Å². The average molecular weight is 133 g/mol. The lowest BCUT2D eigenvalue weighted by molar-refractivity contribution is 0.0143. The molecule has 0 aromatic rings. The van der Waals surface area contributed by atoms with Gasteiger partial charge in [0.25, 0.3) is 0 Å². The van der Waals surface area contributed by atoms with Gasteiger partial charge < -0.3 is 0 Å². The smallest absolute Gasteiger partial charge is 0.103 e. The Labute approximate surface area is 55.1 Å². The summed E-state index contributed by atoms with van der Waals surface area (Å²) in [5.41, 5.74) is 0. The van der Waals surface area contributed by atoms with Gasteiger partial charge in [-0.25, -0.2) is 0 Å². The van der Waals surface area contributed by atoms with Crippen LogP contribution in [0.3, 0.4) is 0 Å². The first-order chi connectivity index (χ1) is 3.68. The minimum absolute atomic E-state index is 0.604. The number of rotatable bonds is 2. The van der Waals surface area contributed by atoms with E-state index in [1.54, 1.807) is 0 Å². The van der Waals surface area contributed by atoms with Crippen molar-refractivity contribution in [2.75, 3.05) is 7.05 Å². The first-order valence-corrected chi connectivity index (χ1v) is 3.04. The molecule has 0 aliphatic carbocycles. The van der Waals surface area contributed by atoms with Gasteiger partial charge >= 0.3 is 0 Å². The fourth-order valence-corrected chi connectivity index (χ4v) is 0.580. The molecule has 48 valence electrons. The second-order valence-electron chi connectivity index (χ2n) is 1.67. The van der Waals surface area contributed by atoms with Crippen LogP contribution in [0.5, 0.6) is 0 Å². The Morgan fingerprint density at radius 1 is 1.75 bits per heavy atom. The zero-order chi connectivity index (χ0) is 6.57. The maximum Gasteiger partial charge on any atom is 0.103 e. The quantitative estimate of drug-likeness (QED) is 0.455. The molecule has 0 aliphatic heterocycles. The Morgan fingerprint density at radius 2 is 2.25 bits per heavy atom. The van der Waals surface area contributed by atoms with Crippen LogP contribution in [0.25, 0.3) is 0 Å². The number of thiocarbonyl (C=S) groups is 1. The van der Waals surface area contributed by atoms with Gasteiger partial charge in [0.1, 0.15) is 4.99 Å². The van der Waals surface area contributed by atoms with Crippen LogP contribution in [-0.2, 0) is 0 Å². The second-order valence-corrected chi connectivity index (χ2v) is 2.14. The van der Waals surface area contributed by atoms with Crippen molar-refractivity contribution in [1.29, 1.82) is 0 Å². The van der Waals surface area contributed by atoms with Gasteiger partial charge in [0.15, 0.2) is 0 Å². The standard InChI is InChI=1S/C5H11NOS/c1-3-4-5(8)6(2)7/h7H,3-4H2,1-2H3. The third-order valence-electron chi connectivity index (χ3n) is 0.825. The third kappa shape index (κ3) is 2.93. The molecule has 0 spiro atoms. The molecule has 0 atom stereocenters. The van der Waals surface area contributed by atoms with E-state index in [0.717, 1.165) is 17.9 Å². The first kappa shape index (κ1) is 7.85. The highest BCUT2D eigenvalue weighted by Crippen LogP contribution is 1.93. The van der Waals surface area contributed by atoms with Gasteiger partial charge in [-0.15, -0.1) is 0 Å². The minimum atomic E-state index is 0.604. The fourth-order valence-electron chi connectivity index (χ4n) is 0.376. The van der Waals surface area contributed by atoms with Crippen molar-refractivity contribution in [2.45, 2.75) is 19.8 Å². The van der Waals surface area contributed by atoms with Gasteiger partial charge in [0, 0.05) is 7.05 Å². The number of hydrogen-bond donors (Lipinski definition) is 1. The summed E-state index contributed by atoms with van der Waals surface area (Å²) in [4.78, 5) is 0.604. The predicted molar refractivity (Wildman–Crippen MR) is 37.1 cm³/mol. The van der Waals surface area contributed by atoms with Gasteiger partial charge in [-0.2, -0.15) is 0 Å². The lowest BCUT2D eigenvalue weighted by atomic mass is 10.3. The summed E-state index contributed by atoms with van der Waals surface area (Å²) in [7, 11) is 1.54. The van der Waals surface area contributed by atoms with Crippen molar-refractivity contribution in [3.05, 3.63) is 0 Å². The van der Waals surface area contributed by atoms with Crippen molar-refractivity contribution in [2.24, 2.45) is 0 Å². The van der Waals surface area contributed by atoms with E-state index < -0.39 is 0 Å². The van der Waals surface area contributed by atoms with E-state index >= 15 is 0 Å². The molecular weight excluding hydrogens is 122 g/mol. The molecule has 0 saturated heterocycles. The Morgan fingerprint density at radius 3 is 2.38 bits per heavy atom. The number of hydroxylamine groups is 2. The van der Waals surface area contributed by atoms with Gasteiger partial charge in [0.2, 0.25) is 0 Å². The van der Waals surface area contributed by atoms with E-state index in [1.807, 2.05) is 6.92 Å². The maximum atomic E-state index is 8.64. The van der Waals surface area contributed by atoms with E-state index in [1.165, 1.54) is 7.05 Å². The van der Waals surface area contributed by atoms with E-state index in [2.05, 4.69) is 0 Å². The number of nitrogens with zero attached hydrogens (tertiary/aromatic N) is 1. The van der Waals surface area contributed by atoms with Crippen LogP contribution in [-0.4, -0.2) is 22.3 Å². The summed E-state index contributed by atoms with van der Waals surface area (Å²) in [6, 6.07) is 0. The van der Waals surface area contributed by atoms with Crippen LogP contribution < -0.4 is 0 Å². The molecule has 0 rings (SSSR count). The molecule has 0 unspecified atom stereocenters. The largest absolute Gasteiger partial charge is 0.288 e. The molecule has 3 heteroatoms. The van der Waals surface area contributed by atoms with Crippen molar-refractivity contribution in [1.82, 2.24) is 5.06 Å². The molecule has 0 bridgehead atoms. The molecule has 2 nitrogen and oxygen atoms in total. The zero-order valence-electron chi connectivity index (χ0n) is 5.22. The summed E-state index contributed by atoms with van der Waals surface area (Å²) < 4.78 is 0. The fraction of sp³-hybridized carbons (Fsp3) is 0.800. The Kier molecular flexibility index (Phi) is 3.73. The molecule has 0 radical (unpaired) electrons. The molecule has 1 N–H and O–H groups in total. The molecule has 0 saturated carbocycles. The molecule has 0 heterocycles. The number of hydrogen-bond acceptors (Lipinski definition) is 2. The van der Waals surface area contributed by atoms with E-state index in [4.69, 9.17) is 17.4 Å². The van der Waals surface area contributed by atoms with Crippen LogP contribution in [0.1, 0.15) is 19.8 Å². The third-order valence-corrected chi connectivity index (χ3v) is 1.29. The molecule has 8 heavy (non-hydrogen) atoms. The molecule has 0 fully saturated rings. The average Bonchev–Trinajstić information content (AvgIpc) is 1.67. The van der Waals surface area contributed by atoms with Crippen LogP contribution in [0.2, 0.25) is 0 Å². The molecular formula is C5H11NOS. The molecule has 0 amide bonds. The first-order valence-electron chi connectivity index (χ1n) is 2.64. The lowest BCUT2D eigenvalue weighted by Gasteiger charge is -2.08. The van der Waals surface area contributed by atoms with Gasteiger partial charge in [0.05, 0.1) is 0 Å². The van der Waals surface area contributed by atoms with Gasteiger partial charge in [-0.05, 0) is 12.8 Å². The highest BCUT2D eigenvalue weighted by Gasteiger charge is 1.95. The Hall–Kier alpha value is -0.150. The summed E-state index contributed by atoms with van der Waals surface area (Å²) in [5, 5.41) is 9.63. The summed E-state index contributed by atoms with van der Waals surface area (Å²) in [6.45, 7) is 2.02. The van der Waals surface area contributed by atoms with Crippen molar-refractivity contribution in [3.63, 3.8) is 0 Å². The summed E-state index contributed by atoms with van der Waals surface area (Å²) in [6.07, 6.45) is 1.78. The normalized spacial score (nSPS) is 8.88. The summed E-state index contributed by atoms with van der Waals surface area (Å²) >= 11 is 4.75. The van der Waals surface area contributed by atoms with Crippen molar-refractivity contribution >= 4 is 17.2 Å². The van der Waals surface area contributed by atoms with Gasteiger partial charge in [-0.3, -0.25) is 10.3 Å². The highest BCUT2D eigenvalue weighted by molar-refractivity contribution is 7.80. The summed E-state index contributed by atoms with van der Waals surface area (Å²) in [5.74, 6) is 0. The minimum Gasteiger partial charge on any atom is -0.288 e. The lowest BCUT2D eigenvalue weighted by Crippen LogP contribution is -2.19. The Bertz CT molecular complexity index is 82.5. The second kappa shape index (κ2) is 3.80. The van der Waals surface area contributed by atoms with Crippen molar-refractivity contribution < 1.29 is 5.21 Å². The molecule has 0 aromatic heterocycles. The molecule has 0 aliphatic rings.